The Morgan fingerprint density at radius 1 is 1.73 bits per heavy atom. The molecule has 11 heavy (non-hydrogen) atoms. The molecule has 0 aromatic carbocycles. The summed E-state index contributed by atoms with van der Waals surface area (Å²) in [5.41, 5.74) is 6.86. The summed E-state index contributed by atoms with van der Waals surface area (Å²) in [4.78, 5) is 0. The fourth-order valence-corrected chi connectivity index (χ4v) is 1.09. The van der Waals surface area contributed by atoms with E-state index in [1.54, 1.807) is 6.08 Å². The molecule has 64 valence electrons. The number of rotatable bonds is 5. The topological polar surface area (TPSA) is 38.0 Å². The van der Waals surface area contributed by atoms with Crippen molar-refractivity contribution in [2.45, 2.75) is 19.4 Å². The van der Waals surface area contributed by atoms with Gasteiger partial charge in [-0.2, -0.15) is 0 Å². The minimum absolute atomic E-state index is 0.304. The molecule has 0 heterocycles. The van der Waals surface area contributed by atoms with Crippen LogP contribution in [0.15, 0.2) is 24.3 Å². The average molecular weight is 154 g/mol. The Balaban J connectivity index is 4.20. The summed E-state index contributed by atoms with van der Waals surface area (Å²) >= 11 is 0. The quantitative estimate of drug-likeness (QED) is 0.581. The van der Waals surface area contributed by atoms with Gasteiger partial charge in [0.05, 0.1) is 0 Å². The van der Waals surface area contributed by atoms with Crippen molar-refractivity contribution in [2.75, 3.05) is 13.6 Å². The molecule has 2 heteroatoms. The Hall–Kier alpha value is -0.600. The van der Waals surface area contributed by atoms with E-state index in [9.17, 15) is 0 Å². The van der Waals surface area contributed by atoms with Crippen LogP contribution in [0.2, 0.25) is 0 Å². The number of allylic oxidation sites excluding steroid dienone is 2. The second-order valence-electron chi connectivity index (χ2n) is 2.41. The van der Waals surface area contributed by atoms with Crippen LogP contribution in [0.3, 0.4) is 0 Å². The molecule has 0 spiro atoms. The van der Waals surface area contributed by atoms with Gasteiger partial charge in [0.1, 0.15) is 0 Å². The fourth-order valence-electron chi connectivity index (χ4n) is 1.09. The summed E-state index contributed by atoms with van der Waals surface area (Å²) in [6.45, 7) is 6.42. The SMILES string of the molecule is C=C/C=C(\CC)C(CN)NC. The van der Waals surface area contributed by atoms with Crippen molar-refractivity contribution in [1.82, 2.24) is 5.32 Å². The van der Waals surface area contributed by atoms with Crippen molar-refractivity contribution in [2.24, 2.45) is 5.73 Å². The molecule has 0 saturated heterocycles. The lowest BCUT2D eigenvalue weighted by atomic mass is 10.0. The molecular weight excluding hydrogens is 136 g/mol. The second-order valence-corrected chi connectivity index (χ2v) is 2.41. The van der Waals surface area contributed by atoms with E-state index in [-0.39, 0.29) is 0 Å². The molecule has 1 atom stereocenters. The van der Waals surface area contributed by atoms with E-state index in [2.05, 4.69) is 18.8 Å². The first kappa shape index (κ1) is 10.4. The van der Waals surface area contributed by atoms with Crippen LogP contribution in [0.5, 0.6) is 0 Å². The smallest absolute Gasteiger partial charge is 0.0404 e. The highest BCUT2D eigenvalue weighted by Crippen LogP contribution is 2.05. The third-order valence-electron chi connectivity index (χ3n) is 1.77. The molecule has 0 aliphatic carbocycles. The fraction of sp³-hybridized carbons (Fsp3) is 0.556. The van der Waals surface area contributed by atoms with E-state index >= 15 is 0 Å². The molecule has 0 rings (SSSR count). The van der Waals surface area contributed by atoms with E-state index < -0.39 is 0 Å². The Morgan fingerprint density at radius 2 is 2.36 bits per heavy atom. The summed E-state index contributed by atoms with van der Waals surface area (Å²) < 4.78 is 0. The van der Waals surface area contributed by atoms with Gasteiger partial charge in [-0.1, -0.05) is 31.2 Å². The van der Waals surface area contributed by atoms with Crippen LogP contribution in [0, 0.1) is 0 Å². The van der Waals surface area contributed by atoms with Gasteiger partial charge in [-0.15, -0.1) is 0 Å². The molecule has 0 aromatic heterocycles. The number of nitrogens with two attached hydrogens (primary N) is 1. The van der Waals surface area contributed by atoms with Crippen molar-refractivity contribution in [3.63, 3.8) is 0 Å². The lowest BCUT2D eigenvalue weighted by Crippen LogP contribution is -2.34. The van der Waals surface area contributed by atoms with Crippen LogP contribution >= 0.6 is 0 Å². The Kier molecular flexibility index (Phi) is 5.80. The predicted octanol–water partition coefficient (Wildman–Crippen LogP) is 1.06. The van der Waals surface area contributed by atoms with Crippen LogP contribution in [0.25, 0.3) is 0 Å². The van der Waals surface area contributed by atoms with Gasteiger partial charge in [-0.25, -0.2) is 0 Å². The van der Waals surface area contributed by atoms with Crippen molar-refractivity contribution < 1.29 is 0 Å². The van der Waals surface area contributed by atoms with Crippen LogP contribution in [0.4, 0.5) is 0 Å². The maximum absolute atomic E-state index is 5.55. The first-order valence-electron chi connectivity index (χ1n) is 3.98. The summed E-state index contributed by atoms with van der Waals surface area (Å²) in [6, 6.07) is 0.304. The number of hydrogen-bond acceptors (Lipinski definition) is 2. The van der Waals surface area contributed by atoms with Gasteiger partial charge in [0, 0.05) is 12.6 Å². The zero-order valence-corrected chi connectivity index (χ0v) is 7.43. The number of likely N-dealkylation sites (N-methyl/N-ethyl adjacent to an activating group) is 1. The molecule has 0 radical (unpaired) electrons. The lowest BCUT2D eigenvalue weighted by Gasteiger charge is -2.15. The Labute approximate surface area is 69.2 Å². The molecule has 1 unspecified atom stereocenters. The van der Waals surface area contributed by atoms with Crippen molar-refractivity contribution in [3.8, 4) is 0 Å². The summed E-state index contributed by atoms with van der Waals surface area (Å²) in [7, 11) is 1.92. The molecule has 0 amide bonds. The standard InChI is InChI=1S/C9H18N2/c1-4-6-8(5-2)9(7-10)11-3/h4,6,9,11H,1,5,7,10H2,2-3H3/b8-6+. The van der Waals surface area contributed by atoms with E-state index in [0.717, 1.165) is 6.42 Å². The summed E-state index contributed by atoms with van der Waals surface area (Å²) in [6.07, 6.45) is 4.85. The third kappa shape index (κ3) is 3.35. The Bertz CT molecular complexity index is 134. The zero-order valence-electron chi connectivity index (χ0n) is 7.43. The van der Waals surface area contributed by atoms with Crippen LogP contribution in [-0.4, -0.2) is 19.6 Å². The first-order chi connectivity index (χ1) is 5.29. The van der Waals surface area contributed by atoms with E-state index in [1.165, 1.54) is 5.57 Å². The van der Waals surface area contributed by atoms with E-state index in [1.807, 2.05) is 13.1 Å². The lowest BCUT2D eigenvalue weighted by molar-refractivity contribution is 0.628. The molecule has 3 N–H and O–H groups in total. The highest BCUT2D eigenvalue weighted by molar-refractivity contribution is 5.16. The van der Waals surface area contributed by atoms with Gasteiger partial charge < -0.3 is 11.1 Å². The summed E-state index contributed by atoms with van der Waals surface area (Å²) in [5.74, 6) is 0. The maximum atomic E-state index is 5.55. The molecule has 0 aliphatic heterocycles. The minimum Gasteiger partial charge on any atom is -0.329 e. The van der Waals surface area contributed by atoms with Gasteiger partial charge in [-0.05, 0) is 13.5 Å². The molecule has 0 fully saturated rings. The van der Waals surface area contributed by atoms with Crippen LogP contribution in [0.1, 0.15) is 13.3 Å². The van der Waals surface area contributed by atoms with Crippen LogP contribution in [-0.2, 0) is 0 Å². The van der Waals surface area contributed by atoms with E-state index in [4.69, 9.17) is 5.73 Å². The molecule has 2 nitrogen and oxygen atoms in total. The highest BCUT2D eigenvalue weighted by Gasteiger charge is 2.05. The van der Waals surface area contributed by atoms with Gasteiger partial charge in [0.2, 0.25) is 0 Å². The van der Waals surface area contributed by atoms with Crippen molar-refractivity contribution in [1.29, 1.82) is 0 Å². The molecule has 0 aliphatic rings. The third-order valence-corrected chi connectivity index (χ3v) is 1.77. The molecule has 0 bridgehead atoms. The normalized spacial score (nSPS) is 14.6. The average Bonchev–Trinajstić information content (AvgIpc) is 2.05. The predicted molar refractivity (Wildman–Crippen MR) is 50.5 cm³/mol. The molecular formula is C9H18N2. The molecule has 0 aromatic rings. The Morgan fingerprint density at radius 3 is 2.64 bits per heavy atom. The maximum Gasteiger partial charge on any atom is 0.0404 e. The highest BCUT2D eigenvalue weighted by atomic mass is 14.9. The van der Waals surface area contributed by atoms with Crippen molar-refractivity contribution in [3.05, 3.63) is 24.3 Å². The number of nitrogens with one attached hydrogen (secondary N) is 1. The minimum atomic E-state index is 0.304. The van der Waals surface area contributed by atoms with Gasteiger partial charge in [-0.3, -0.25) is 0 Å². The molecule has 0 saturated carbocycles. The number of hydrogen-bond donors (Lipinski definition) is 2. The summed E-state index contributed by atoms with van der Waals surface area (Å²) in [5, 5.41) is 3.15. The zero-order chi connectivity index (χ0) is 8.69. The first-order valence-corrected chi connectivity index (χ1v) is 3.98. The van der Waals surface area contributed by atoms with Crippen LogP contribution < -0.4 is 11.1 Å². The van der Waals surface area contributed by atoms with Gasteiger partial charge in [0.15, 0.2) is 0 Å². The van der Waals surface area contributed by atoms with E-state index in [0.29, 0.717) is 12.6 Å². The second kappa shape index (κ2) is 6.13. The van der Waals surface area contributed by atoms with Crippen molar-refractivity contribution >= 4 is 0 Å². The van der Waals surface area contributed by atoms with Gasteiger partial charge >= 0.3 is 0 Å². The van der Waals surface area contributed by atoms with Gasteiger partial charge in [0.25, 0.3) is 0 Å². The monoisotopic (exact) mass is 154 g/mol. The largest absolute Gasteiger partial charge is 0.329 e.